The van der Waals surface area contributed by atoms with Crippen LogP contribution < -0.4 is 4.74 Å². The van der Waals surface area contributed by atoms with Gasteiger partial charge in [0.1, 0.15) is 10.8 Å². The van der Waals surface area contributed by atoms with E-state index in [0.29, 0.717) is 0 Å². The highest BCUT2D eigenvalue weighted by Crippen LogP contribution is 2.24. The lowest BCUT2D eigenvalue weighted by Crippen LogP contribution is -1.94. The van der Waals surface area contributed by atoms with E-state index in [1.165, 1.54) is 11.3 Å². The van der Waals surface area contributed by atoms with Crippen LogP contribution in [-0.4, -0.2) is 16.7 Å². The number of nitrogens with zero attached hydrogens (tertiary/aromatic N) is 1. The minimum absolute atomic E-state index is 0.00234. The minimum Gasteiger partial charge on any atom is -0.494 e. The second kappa shape index (κ2) is 5.80. The van der Waals surface area contributed by atoms with Gasteiger partial charge in [-0.3, -0.25) is 0 Å². The highest BCUT2D eigenvalue weighted by Gasteiger charge is 2.03. The van der Waals surface area contributed by atoms with Crippen LogP contribution in [0.2, 0.25) is 0 Å². The fourth-order valence-corrected chi connectivity index (χ4v) is 2.12. The Hall–Kier alpha value is -1.39. The molecule has 90 valence electrons. The second-order valence-electron chi connectivity index (χ2n) is 3.66. The van der Waals surface area contributed by atoms with E-state index in [2.05, 4.69) is 11.9 Å². The van der Waals surface area contributed by atoms with Gasteiger partial charge in [0, 0.05) is 10.9 Å². The van der Waals surface area contributed by atoms with E-state index >= 15 is 0 Å². The van der Waals surface area contributed by atoms with Gasteiger partial charge in [0.2, 0.25) is 0 Å². The van der Waals surface area contributed by atoms with Gasteiger partial charge in [0.05, 0.1) is 18.9 Å². The van der Waals surface area contributed by atoms with Gasteiger partial charge < -0.3 is 9.84 Å². The van der Waals surface area contributed by atoms with E-state index in [9.17, 15) is 0 Å². The molecule has 2 rings (SSSR count). The number of hydrogen-bond donors (Lipinski definition) is 1. The zero-order chi connectivity index (χ0) is 12.1. The third-order valence-corrected chi connectivity index (χ3v) is 3.14. The number of hydrogen-bond acceptors (Lipinski definition) is 4. The van der Waals surface area contributed by atoms with Crippen molar-refractivity contribution in [3.05, 3.63) is 34.7 Å². The van der Waals surface area contributed by atoms with Gasteiger partial charge in [-0.15, -0.1) is 11.3 Å². The number of aliphatic hydroxyl groups is 1. The highest BCUT2D eigenvalue weighted by atomic mass is 32.1. The van der Waals surface area contributed by atoms with Crippen molar-refractivity contribution < 1.29 is 9.84 Å². The van der Waals surface area contributed by atoms with Gasteiger partial charge >= 0.3 is 0 Å². The summed E-state index contributed by atoms with van der Waals surface area (Å²) in [6.45, 7) is 2.83. The third kappa shape index (κ3) is 3.05. The average molecular weight is 249 g/mol. The fourth-order valence-electron chi connectivity index (χ4n) is 1.46. The first-order valence-corrected chi connectivity index (χ1v) is 6.50. The van der Waals surface area contributed by atoms with E-state index in [0.717, 1.165) is 35.0 Å². The van der Waals surface area contributed by atoms with Crippen molar-refractivity contribution >= 4 is 11.3 Å². The molecule has 1 N–H and O–H groups in total. The summed E-state index contributed by atoms with van der Waals surface area (Å²) in [5, 5.41) is 11.7. The smallest absolute Gasteiger partial charge is 0.119 e. The van der Waals surface area contributed by atoms with Crippen LogP contribution in [0.5, 0.6) is 5.75 Å². The molecule has 1 heterocycles. The summed E-state index contributed by atoms with van der Waals surface area (Å²) in [5.41, 5.74) is 1.95. The predicted molar refractivity (Wildman–Crippen MR) is 69.3 cm³/mol. The van der Waals surface area contributed by atoms with Crippen molar-refractivity contribution in [1.29, 1.82) is 0 Å². The molecular weight excluding hydrogens is 234 g/mol. The summed E-state index contributed by atoms with van der Waals surface area (Å²) in [5.74, 6) is 0.883. The Morgan fingerprint density at radius 2 is 2.06 bits per heavy atom. The van der Waals surface area contributed by atoms with E-state index in [-0.39, 0.29) is 6.61 Å². The van der Waals surface area contributed by atoms with Crippen LogP contribution >= 0.6 is 11.3 Å². The summed E-state index contributed by atoms with van der Waals surface area (Å²) in [7, 11) is 0. The van der Waals surface area contributed by atoms with Crippen molar-refractivity contribution in [2.75, 3.05) is 6.61 Å². The zero-order valence-corrected chi connectivity index (χ0v) is 10.5. The van der Waals surface area contributed by atoms with Gasteiger partial charge in [-0.05, 0) is 30.7 Å². The molecule has 2 aromatic rings. The van der Waals surface area contributed by atoms with Gasteiger partial charge in [0.25, 0.3) is 0 Å². The normalized spacial score (nSPS) is 10.5. The van der Waals surface area contributed by atoms with Crippen molar-refractivity contribution in [3.8, 4) is 17.0 Å². The largest absolute Gasteiger partial charge is 0.494 e. The van der Waals surface area contributed by atoms with Crippen LogP contribution in [0.25, 0.3) is 11.3 Å². The third-order valence-electron chi connectivity index (χ3n) is 2.31. The lowest BCUT2D eigenvalue weighted by Gasteiger charge is -2.04. The molecule has 0 atom stereocenters. The van der Waals surface area contributed by atoms with E-state index in [4.69, 9.17) is 9.84 Å². The molecule has 0 amide bonds. The van der Waals surface area contributed by atoms with Crippen molar-refractivity contribution in [2.24, 2.45) is 0 Å². The maximum atomic E-state index is 8.97. The van der Waals surface area contributed by atoms with Crippen molar-refractivity contribution in [3.63, 3.8) is 0 Å². The Kier molecular flexibility index (Phi) is 4.12. The van der Waals surface area contributed by atoms with Crippen molar-refractivity contribution in [1.82, 2.24) is 4.98 Å². The van der Waals surface area contributed by atoms with Crippen LogP contribution in [0.4, 0.5) is 0 Å². The first-order valence-electron chi connectivity index (χ1n) is 5.62. The number of ether oxygens (including phenoxy) is 1. The predicted octanol–water partition coefficient (Wildman–Crippen LogP) is 3.09. The summed E-state index contributed by atoms with van der Waals surface area (Å²) in [6.07, 6.45) is 1.01. The molecule has 0 aliphatic rings. The number of rotatable bonds is 5. The molecule has 0 fully saturated rings. The van der Waals surface area contributed by atoms with E-state index in [1.54, 1.807) is 0 Å². The van der Waals surface area contributed by atoms with Gasteiger partial charge in [-0.1, -0.05) is 6.92 Å². The Morgan fingerprint density at radius 1 is 1.29 bits per heavy atom. The fraction of sp³-hybridized carbons (Fsp3) is 0.308. The SMILES string of the molecule is CCCOc1ccc(-c2csc(CO)n2)cc1. The molecule has 0 saturated heterocycles. The highest BCUT2D eigenvalue weighted by molar-refractivity contribution is 7.09. The Labute approximate surface area is 105 Å². The van der Waals surface area contributed by atoms with E-state index in [1.807, 2.05) is 29.6 Å². The molecule has 0 bridgehead atoms. The average Bonchev–Trinajstić information content (AvgIpc) is 2.86. The van der Waals surface area contributed by atoms with Gasteiger partial charge in [-0.25, -0.2) is 4.98 Å². The maximum Gasteiger partial charge on any atom is 0.119 e. The summed E-state index contributed by atoms with van der Waals surface area (Å²) in [6, 6.07) is 7.87. The van der Waals surface area contributed by atoms with Gasteiger partial charge in [-0.2, -0.15) is 0 Å². The monoisotopic (exact) mass is 249 g/mol. The lowest BCUT2D eigenvalue weighted by atomic mass is 10.2. The molecule has 3 nitrogen and oxygen atoms in total. The van der Waals surface area contributed by atoms with Gasteiger partial charge in [0.15, 0.2) is 0 Å². The summed E-state index contributed by atoms with van der Waals surface area (Å²) in [4.78, 5) is 4.32. The first kappa shape index (κ1) is 12.1. The Morgan fingerprint density at radius 3 is 2.65 bits per heavy atom. The molecule has 0 spiro atoms. The number of benzene rings is 1. The molecule has 1 aromatic heterocycles. The molecule has 4 heteroatoms. The summed E-state index contributed by atoms with van der Waals surface area (Å²) >= 11 is 1.47. The quantitative estimate of drug-likeness (QED) is 0.885. The summed E-state index contributed by atoms with van der Waals surface area (Å²) < 4.78 is 5.51. The standard InChI is InChI=1S/C13H15NO2S/c1-2-7-16-11-5-3-10(4-6-11)12-9-17-13(8-15)14-12/h3-6,9,15H,2,7-8H2,1H3. The molecule has 0 aliphatic heterocycles. The molecule has 0 radical (unpaired) electrons. The first-order chi connectivity index (χ1) is 8.33. The maximum absolute atomic E-state index is 8.97. The Bertz CT molecular complexity index is 465. The van der Waals surface area contributed by atoms with Crippen LogP contribution in [0, 0.1) is 0 Å². The molecule has 17 heavy (non-hydrogen) atoms. The molecule has 0 unspecified atom stereocenters. The number of aromatic nitrogens is 1. The zero-order valence-electron chi connectivity index (χ0n) is 9.72. The van der Waals surface area contributed by atoms with Crippen molar-refractivity contribution in [2.45, 2.75) is 20.0 Å². The van der Waals surface area contributed by atoms with Crippen LogP contribution in [0.3, 0.4) is 0 Å². The number of aliphatic hydroxyl groups excluding tert-OH is 1. The topological polar surface area (TPSA) is 42.4 Å². The molecule has 1 aromatic carbocycles. The minimum atomic E-state index is 0.00234. The van der Waals surface area contributed by atoms with Crippen LogP contribution in [0.15, 0.2) is 29.6 Å². The Balaban J connectivity index is 2.11. The molecule has 0 saturated carbocycles. The van der Waals surface area contributed by atoms with Crippen LogP contribution in [0.1, 0.15) is 18.4 Å². The number of thiazole rings is 1. The molecular formula is C13H15NO2S. The van der Waals surface area contributed by atoms with E-state index < -0.39 is 0 Å². The second-order valence-corrected chi connectivity index (χ2v) is 4.60. The molecule has 0 aliphatic carbocycles. The lowest BCUT2D eigenvalue weighted by molar-refractivity contribution is 0.281. The van der Waals surface area contributed by atoms with Crippen LogP contribution in [-0.2, 0) is 6.61 Å².